The van der Waals surface area contributed by atoms with E-state index in [-0.39, 0.29) is 6.61 Å². The first-order chi connectivity index (χ1) is 9.49. The van der Waals surface area contributed by atoms with Gasteiger partial charge in [-0.1, -0.05) is 12.1 Å². The molecule has 0 heterocycles. The quantitative estimate of drug-likeness (QED) is 0.559. The van der Waals surface area contributed by atoms with Crippen LogP contribution < -0.4 is 10.5 Å². The molecule has 112 valence electrons. The number of carbonyl (C=O) groups is 1. The lowest BCUT2D eigenvalue weighted by Gasteiger charge is -2.21. The number of unbranched alkanes of at least 4 members (excludes halogenated alkanes) is 1. The van der Waals surface area contributed by atoms with E-state index >= 15 is 0 Å². The molecule has 1 unspecified atom stereocenters. The van der Waals surface area contributed by atoms with Crippen molar-refractivity contribution in [1.82, 2.24) is 0 Å². The highest BCUT2D eigenvalue weighted by molar-refractivity contribution is 5.79. The summed E-state index contributed by atoms with van der Waals surface area (Å²) in [5, 5.41) is 8.93. The Morgan fingerprint density at radius 3 is 2.50 bits per heavy atom. The molecule has 5 nitrogen and oxygen atoms in total. The highest BCUT2D eigenvalue weighted by Crippen LogP contribution is 2.15. The first-order valence-electron chi connectivity index (χ1n) is 6.69. The maximum absolute atomic E-state index is 11.4. The lowest BCUT2D eigenvalue weighted by molar-refractivity contribution is -0.146. The molecular weight excluding hydrogens is 258 g/mol. The Morgan fingerprint density at radius 1 is 1.30 bits per heavy atom. The van der Waals surface area contributed by atoms with Gasteiger partial charge in [-0.15, -0.1) is 0 Å². The first kappa shape index (κ1) is 16.5. The van der Waals surface area contributed by atoms with Crippen molar-refractivity contribution in [2.75, 3.05) is 13.7 Å². The minimum atomic E-state index is -0.933. The molecule has 0 aliphatic rings. The Kier molecular flexibility index (Phi) is 6.48. The largest absolute Gasteiger partial charge is 0.494 e. The third-order valence-corrected chi connectivity index (χ3v) is 3.12. The van der Waals surface area contributed by atoms with E-state index in [4.69, 9.17) is 15.6 Å². The zero-order valence-electron chi connectivity index (χ0n) is 12.1. The van der Waals surface area contributed by atoms with Crippen LogP contribution in [-0.2, 0) is 16.1 Å². The van der Waals surface area contributed by atoms with Crippen LogP contribution >= 0.6 is 0 Å². The number of aliphatic hydroxyl groups excluding tert-OH is 1. The molecule has 0 amide bonds. The van der Waals surface area contributed by atoms with Crippen LogP contribution in [0.2, 0.25) is 0 Å². The van der Waals surface area contributed by atoms with Crippen molar-refractivity contribution in [1.29, 1.82) is 0 Å². The Hall–Kier alpha value is -1.59. The van der Waals surface area contributed by atoms with Crippen LogP contribution in [0.25, 0.3) is 0 Å². The predicted molar refractivity (Wildman–Crippen MR) is 76.3 cm³/mol. The van der Waals surface area contributed by atoms with Gasteiger partial charge in [0, 0.05) is 0 Å². The molecule has 0 aromatic heterocycles. The molecule has 20 heavy (non-hydrogen) atoms. The minimum Gasteiger partial charge on any atom is -0.494 e. The summed E-state index contributed by atoms with van der Waals surface area (Å²) in [5.41, 5.74) is 5.78. The second-order valence-electron chi connectivity index (χ2n) is 5.02. The topological polar surface area (TPSA) is 81.8 Å². The molecule has 0 saturated carbocycles. The molecule has 0 aliphatic heterocycles. The summed E-state index contributed by atoms with van der Waals surface area (Å²) in [6.45, 7) is 2.27. The number of aliphatic hydroxyl groups is 1. The van der Waals surface area contributed by atoms with Crippen LogP contribution in [0, 0.1) is 0 Å². The number of nitrogens with two attached hydrogens (primary N) is 1. The van der Waals surface area contributed by atoms with Crippen LogP contribution in [0.15, 0.2) is 24.3 Å². The summed E-state index contributed by atoms with van der Waals surface area (Å²) in [6.07, 6.45) is 2.16. The first-order valence-corrected chi connectivity index (χ1v) is 6.69. The van der Waals surface area contributed by atoms with Crippen molar-refractivity contribution in [2.24, 2.45) is 5.73 Å². The number of rotatable bonds is 8. The maximum atomic E-state index is 11.4. The summed E-state index contributed by atoms with van der Waals surface area (Å²) in [5.74, 6) is 0.378. The summed E-state index contributed by atoms with van der Waals surface area (Å²) < 4.78 is 10.2. The second kappa shape index (κ2) is 7.87. The molecule has 1 aromatic carbocycles. The van der Waals surface area contributed by atoms with Gasteiger partial charge in [0.25, 0.3) is 0 Å². The number of carbonyl (C=O) groups excluding carboxylic acids is 1. The number of esters is 1. The Bertz CT molecular complexity index is 414. The molecule has 0 saturated heterocycles. The van der Waals surface area contributed by atoms with Crippen molar-refractivity contribution >= 4 is 5.97 Å². The van der Waals surface area contributed by atoms with Crippen LogP contribution in [0.1, 0.15) is 31.7 Å². The fraction of sp³-hybridized carbons (Fsp3) is 0.533. The zero-order valence-corrected chi connectivity index (χ0v) is 12.1. The molecule has 1 aromatic rings. The summed E-state index contributed by atoms with van der Waals surface area (Å²) >= 11 is 0. The zero-order chi connectivity index (χ0) is 15.0. The number of benzene rings is 1. The Labute approximate surface area is 119 Å². The Morgan fingerprint density at radius 2 is 1.95 bits per heavy atom. The van der Waals surface area contributed by atoms with Gasteiger partial charge in [-0.3, -0.25) is 4.79 Å². The van der Waals surface area contributed by atoms with Gasteiger partial charge in [-0.25, -0.2) is 0 Å². The van der Waals surface area contributed by atoms with Gasteiger partial charge >= 0.3 is 5.97 Å². The fourth-order valence-corrected chi connectivity index (χ4v) is 1.81. The van der Waals surface area contributed by atoms with Gasteiger partial charge in [0.1, 0.15) is 11.3 Å². The summed E-state index contributed by atoms with van der Waals surface area (Å²) in [7, 11) is 1.34. The van der Waals surface area contributed by atoms with Gasteiger partial charge < -0.3 is 20.3 Å². The Balaban J connectivity index is 2.23. The van der Waals surface area contributed by atoms with E-state index in [2.05, 4.69) is 4.74 Å². The summed E-state index contributed by atoms with van der Waals surface area (Å²) in [6, 6.07) is 7.30. The molecule has 0 radical (unpaired) electrons. The lowest BCUT2D eigenvalue weighted by Crippen LogP contribution is -2.45. The molecule has 0 spiro atoms. The van der Waals surface area contributed by atoms with Crippen LogP contribution in [0.4, 0.5) is 0 Å². The number of hydrogen-bond donors (Lipinski definition) is 2. The normalized spacial score (nSPS) is 13.6. The number of hydrogen-bond acceptors (Lipinski definition) is 5. The van der Waals surface area contributed by atoms with E-state index in [1.54, 1.807) is 6.92 Å². The highest BCUT2D eigenvalue weighted by atomic mass is 16.5. The van der Waals surface area contributed by atoms with Crippen molar-refractivity contribution in [3.05, 3.63) is 29.8 Å². The molecule has 0 aliphatic carbocycles. The predicted octanol–water partition coefficient (Wildman–Crippen LogP) is 1.62. The van der Waals surface area contributed by atoms with E-state index < -0.39 is 11.5 Å². The number of methoxy groups -OCH3 is 1. The van der Waals surface area contributed by atoms with Gasteiger partial charge in [0.05, 0.1) is 20.3 Å². The van der Waals surface area contributed by atoms with E-state index in [1.165, 1.54) is 7.11 Å². The monoisotopic (exact) mass is 281 g/mol. The van der Waals surface area contributed by atoms with Gasteiger partial charge in [0.2, 0.25) is 0 Å². The molecule has 1 rings (SSSR count). The van der Waals surface area contributed by atoms with Gasteiger partial charge in [-0.2, -0.15) is 0 Å². The maximum Gasteiger partial charge on any atom is 0.325 e. The van der Waals surface area contributed by atoms with E-state index in [0.717, 1.165) is 24.2 Å². The van der Waals surface area contributed by atoms with E-state index in [0.29, 0.717) is 13.0 Å². The third kappa shape index (κ3) is 5.19. The minimum absolute atomic E-state index is 0.0306. The van der Waals surface area contributed by atoms with E-state index in [9.17, 15) is 4.79 Å². The SMILES string of the molecule is COC(=O)C(C)(N)CCCCOc1ccc(CO)cc1. The third-order valence-electron chi connectivity index (χ3n) is 3.12. The second-order valence-corrected chi connectivity index (χ2v) is 5.02. The van der Waals surface area contributed by atoms with E-state index in [1.807, 2.05) is 24.3 Å². The molecule has 3 N–H and O–H groups in total. The van der Waals surface area contributed by atoms with Crippen molar-refractivity contribution in [3.8, 4) is 5.75 Å². The average Bonchev–Trinajstić information content (AvgIpc) is 2.46. The molecule has 0 bridgehead atoms. The standard InChI is InChI=1S/C15H23NO4/c1-15(16,14(18)19-2)9-3-4-10-20-13-7-5-12(11-17)6-8-13/h5-8,17H,3-4,9-11,16H2,1-2H3. The molecular formula is C15H23NO4. The van der Waals surface area contributed by atoms with Crippen LogP contribution in [0.3, 0.4) is 0 Å². The smallest absolute Gasteiger partial charge is 0.325 e. The van der Waals surface area contributed by atoms with Gasteiger partial charge in [-0.05, 0) is 43.9 Å². The molecule has 0 fully saturated rings. The van der Waals surface area contributed by atoms with Crippen LogP contribution in [-0.4, -0.2) is 30.3 Å². The van der Waals surface area contributed by atoms with Crippen molar-refractivity contribution in [3.63, 3.8) is 0 Å². The number of ether oxygens (including phenoxy) is 2. The molecule has 1 atom stereocenters. The van der Waals surface area contributed by atoms with Crippen molar-refractivity contribution in [2.45, 2.75) is 38.3 Å². The highest BCUT2D eigenvalue weighted by Gasteiger charge is 2.28. The van der Waals surface area contributed by atoms with Crippen molar-refractivity contribution < 1.29 is 19.4 Å². The lowest BCUT2D eigenvalue weighted by atomic mass is 9.96. The van der Waals surface area contributed by atoms with Crippen LogP contribution in [0.5, 0.6) is 5.75 Å². The molecule has 5 heteroatoms. The van der Waals surface area contributed by atoms with Gasteiger partial charge in [0.15, 0.2) is 0 Å². The summed E-state index contributed by atoms with van der Waals surface area (Å²) in [4.78, 5) is 11.4. The fourth-order valence-electron chi connectivity index (χ4n) is 1.81. The average molecular weight is 281 g/mol.